The predicted molar refractivity (Wildman–Crippen MR) is 143 cm³/mol. The third kappa shape index (κ3) is 4.03. The van der Waals surface area contributed by atoms with Crippen molar-refractivity contribution in [3.05, 3.63) is 95.6 Å². The van der Waals surface area contributed by atoms with Crippen molar-refractivity contribution in [2.24, 2.45) is 10.2 Å². The summed E-state index contributed by atoms with van der Waals surface area (Å²) in [7, 11) is 0. The van der Waals surface area contributed by atoms with E-state index < -0.39 is 4.99 Å². The van der Waals surface area contributed by atoms with Crippen LogP contribution in [-0.4, -0.2) is 21.5 Å². The molecule has 3 aromatic carbocycles. The van der Waals surface area contributed by atoms with Gasteiger partial charge in [0.25, 0.3) is 0 Å². The topological polar surface area (TPSA) is 48.3 Å². The van der Waals surface area contributed by atoms with Crippen LogP contribution in [0.2, 0.25) is 0 Å². The Kier molecular flexibility index (Phi) is 6.00. The number of carbonyl (C=O) groups is 1. The Labute approximate surface area is 205 Å². The second-order valence-electron chi connectivity index (χ2n) is 8.70. The Morgan fingerprint density at radius 1 is 0.941 bits per heavy atom. The minimum absolute atomic E-state index is 0.0301. The summed E-state index contributed by atoms with van der Waals surface area (Å²) in [4.78, 5) is 11.8. The van der Waals surface area contributed by atoms with Crippen molar-refractivity contribution in [2.75, 3.05) is 10.0 Å². The van der Waals surface area contributed by atoms with Gasteiger partial charge in [-0.05, 0) is 72.5 Å². The largest absolute Gasteiger partial charge is 0.292 e. The molecule has 0 aliphatic carbocycles. The summed E-state index contributed by atoms with van der Waals surface area (Å²) in [5.74, 6) is -0.0301. The van der Waals surface area contributed by atoms with Crippen molar-refractivity contribution in [1.82, 2.24) is 0 Å². The van der Waals surface area contributed by atoms with Crippen molar-refractivity contribution in [3.63, 3.8) is 0 Å². The Bertz CT molecular complexity index is 1270. The summed E-state index contributed by atoms with van der Waals surface area (Å²) in [5.41, 5.74) is 6.55. The zero-order chi connectivity index (χ0) is 23.7. The van der Waals surface area contributed by atoms with Gasteiger partial charge >= 0.3 is 0 Å². The Morgan fingerprint density at radius 3 is 2.32 bits per heavy atom. The summed E-state index contributed by atoms with van der Waals surface area (Å²) in [6.45, 7) is 5.82. The smallest absolute Gasteiger partial charge is 0.208 e. The molecular formula is C28H28N4OS. The maximum absolute atomic E-state index is 12.5. The second-order valence-corrected chi connectivity index (χ2v) is 9.95. The van der Waals surface area contributed by atoms with E-state index in [1.165, 1.54) is 17.3 Å². The lowest BCUT2D eigenvalue weighted by atomic mass is 10.00. The highest BCUT2D eigenvalue weighted by Crippen LogP contribution is 2.50. The van der Waals surface area contributed by atoms with E-state index >= 15 is 0 Å². The molecule has 0 fully saturated rings. The van der Waals surface area contributed by atoms with Gasteiger partial charge in [-0.1, -0.05) is 61.5 Å². The number of aryl methyl sites for hydroxylation is 2. The van der Waals surface area contributed by atoms with Crippen molar-refractivity contribution < 1.29 is 4.79 Å². The predicted octanol–water partition coefficient (Wildman–Crippen LogP) is 6.37. The molecule has 0 amide bonds. The number of benzene rings is 3. The number of thioether (sulfide) groups is 1. The minimum atomic E-state index is -0.664. The van der Waals surface area contributed by atoms with Gasteiger partial charge in [-0.25, -0.2) is 10.0 Å². The van der Waals surface area contributed by atoms with Gasteiger partial charge < -0.3 is 0 Å². The van der Waals surface area contributed by atoms with Crippen LogP contribution in [0.25, 0.3) is 0 Å². The lowest BCUT2D eigenvalue weighted by molar-refractivity contribution is -0.110. The summed E-state index contributed by atoms with van der Waals surface area (Å²) in [5, 5.41) is 14.6. The first-order valence-electron chi connectivity index (χ1n) is 11.7. The normalized spacial score (nSPS) is 19.9. The van der Waals surface area contributed by atoms with E-state index in [-0.39, 0.29) is 5.78 Å². The third-order valence-electron chi connectivity index (χ3n) is 6.26. The van der Waals surface area contributed by atoms with E-state index in [0.29, 0.717) is 5.04 Å². The fourth-order valence-electron chi connectivity index (χ4n) is 4.44. The molecule has 3 aromatic rings. The molecule has 5 nitrogen and oxygen atoms in total. The molecule has 0 bridgehead atoms. The number of Topliss-reactive ketones (excluding diaryl/α,β-unsaturated/α-hetero) is 1. The molecule has 0 aromatic heterocycles. The molecule has 34 heavy (non-hydrogen) atoms. The lowest BCUT2D eigenvalue weighted by Gasteiger charge is -2.46. The van der Waals surface area contributed by atoms with E-state index in [4.69, 9.17) is 10.2 Å². The summed E-state index contributed by atoms with van der Waals surface area (Å²) in [6.07, 6.45) is 2.55. The first-order valence-corrected chi connectivity index (χ1v) is 12.5. The van der Waals surface area contributed by atoms with Crippen LogP contribution in [0, 0.1) is 6.92 Å². The van der Waals surface area contributed by atoms with Gasteiger partial charge in [0, 0.05) is 13.3 Å². The number of para-hydroxylation sites is 1. The number of hydrogen-bond donors (Lipinski definition) is 0. The van der Waals surface area contributed by atoms with Crippen molar-refractivity contribution >= 4 is 39.7 Å². The SMILES string of the molecule is CCc1ccc(C2=NN(c3ccccc3)C3(CC2)SC(C(C)=O)=NN3c2cccc(C)c2)cc1. The molecule has 0 saturated heterocycles. The van der Waals surface area contributed by atoms with Crippen LogP contribution in [0.3, 0.4) is 0 Å². The van der Waals surface area contributed by atoms with Gasteiger partial charge in [0.15, 0.2) is 10.8 Å². The minimum Gasteiger partial charge on any atom is -0.292 e. The van der Waals surface area contributed by atoms with Crippen LogP contribution in [0.5, 0.6) is 0 Å². The summed E-state index contributed by atoms with van der Waals surface area (Å²) < 4.78 is 0. The van der Waals surface area contributed by atoms with E-state index in [9.17, 15) is 4.79 Å². The van der Waals surface area contributed by atoms with E-state index in [1.807, 2.05) is 35.3 Å². The van der Waals surface area contributed by atoms with Gasteiger partial charge in [0.2, 0.25) is 4.99 Å². The molecule has 1 unspecified atom stereocenters. The fourth-order valence-corrected chi connectivity index (χ4v) is 5.68. The highest BCUT2D eigenvalue weighted by Gasteiger charge is 2.52. The van der Waals surface area contributed by atoms with Crippen LogP contribution in [-0.2, 0) is 11.2 Å². The number of carbonyl (C=O) groups excluding carboxylic acids is 1. The van der Waals surface area contributed by atoms with Crippen LogP contribution in [0.1, 0.15) is 43.4 Å². The van der Waals surface area contributed by atoms with Crippen LogP contribution in [0.15, 0.2) is 89.1 Å². The average Bonchev–Trinajstić information content (AvgIpc) is 3.25. The number of anilines is 2. The van der Waals surface area contributed by atoms with Crippen LogP contribution >= 0.6 is 11.8 Å². The quantitative estimate of drug-likeness (QED) is 0.436. The molecule has 0 N–H and O–H groups in total. The number of hydrogen-bond acceptors (Lipinski definition) is 6. The maximum atomic E-state index is 12.5. The Hall–Kier alpha value is -3.38. The van der Waals surface area contributed by atoms with Crippen molar-refractivity contribution in [3.8, 4) is 0 Å². The molecule has 0 radical (unpaired) electrons. The standard InChI is InChI=1S/C28H28N4OS/c1-4-22-13-15-23(16-14-22)26-17-18-28(31(29-26)24-10-6-5-7-11-24)32(30-27(34-28)21(3)33)25-12-8-9-20(2)19-25/h5-16,19H,4,17-18H2,1-3H3. The summed E-state index contributed by atoms with van der Waals surface area (Å²) in [6, 6.07) is 27.1. The molecule has 2 aliphatic heterocycles. The molecule has 6 heteroatoms. The first kappa shape index (κ1) is 22.4. The van der Waals surface area contributed by atoms with Crippen LogP contribution < -0.4 is 10.0 Å². The van der Waals surface area contributed by atoms with Gasteiger partial charge in [0.05, 0.1) is 17.1 Å². The molecule has 172 valence electrons. The molecule has 2 heterocycles. The third-order valence-corrected chi connectivity index (χ3v) is 7.70. The molecule has 5 rings (SSSR count). The molecule has 1 atom stereocenters. The van der Waals surface area contributed by atoms with E-state index in [2.05, 4.69) is 67.4 Å². The maximum Gasteiger partial charge on any atom is 0.208 e. The number of ketones is 1. The number of hydrazone groups is 2. The number of nitrogens with zero attached hydrogens (tertiary/aromatic N) is 4. The summed E-state index contributed by atoms with van der Waals surface area (Å²) >= 11 is 1.50. The zero-order valence-electron chi connectivity index (χ0n) is 19.7. The van der Waals surface area contributed by atoms with Gasteiger partial charge in [-0.15, -0.1) is 0 Å². The molecular weight excluding hydrogens is 440 g/mol. The Balaban J connectivity index is 1.65. The van der Waals surface area contributed by atoms with Crippen molar-refractivity contribution in [1.29, 1.82) is 0 Å². The average molecular weight is 469 g/mol. The Morgan fingerprint density at radius 2 is 1.65 bits per heavy atom. The van der Waals surface area contributed by atoms with Crippen LogP contribution in [0.4, 0.5) is 11.4 Å². The molecule has 0 saturated carbocycles. The van der Waals surface area contributed by atoms with E-state index in [1.54, 1.807) is 6.92 Å². The second kappa shape index (κ2) is 9.11. The number of rotatable bonds is 5. The highest BCUT2D eigenvalue weighted by molar-refractivity contribution is 8.17. The van der Waals surface area contributed by atoms with E-state index in [0.717, 1.165) is 47.5 Å². The molecule has 1 spiro atoms. The van der Waals surface area contributed by atoms with Gasteiger partial charge in [-0.3, -0.25) is 4.79 Å². The van der Waals surface area contributed by atoms with Crippen molar-refractivity contribution in [2.45, 2.75) is 45.0 Å². The van der Waals surface area contributed by atoms with Gasteiger partial charge in [-0.2, -0.15) is 10.2 Å². The highest BCUT2D eigenvalue weighted by atomic mass is 32.2. The van der Waals surface area contributed by atoms with Gasteiger partial charge in [0.1, 0.15) is 0 Å². The fraction of sp³-hybridized carbons (Fsp3) is 0.250. The first-order chi connectivity index (χ1) is 16.5. The zero-order valence-corrected chi connectivity index (χ0v) is 20.5. The molecule has 2 aliphatic rings. The lowest BCUT2D eigenvalue weighted by Crippen LogP contribution is -2.56. The monoisotopic (exact) mass is 468 g/mol.